The van der Waals surface area contributed by atoms with E-state index < -0.39 is 0 Å². The van der Waals surface area contributed by atoms with E-state index in [9.17, 15) is 0 Å². The molecule has 1 heterocycles. The molecular formula is C16H16N2O. The maximum absolute atomic E-state index is 5.18. The summed E-state index contributed by atoms with van der Waals surface area (Å²) in [5.74, 6) is 1.83. The first kappa shape index (κ1) is 11.8. The molecule has 3 aromatic rings. The number of imidazole rings is 1. The summed E-state index contributed by atoms with van der Waals surface area (Å²) in [6.45, 7) is 2.08. The molecule has 0 saturated heterocycles. The normalized spacial score (nSPS) is 10.9. The molecule has 3 nitrogen and oxygen atoms in total. The summed E-state index contributed by atoms with van der Waals surface area (Å²) in [6.07, 6.45) is 0. The number of ether oxygens (including phenoxy) is 1. The van der Waals surface area contributed by atoms with E-state index in [2.05, 4.69) is 29.7 Å². The van der Waals surface area contributed by atoms with E-state index in [4.69, 9.17) is 9.72 Å². The van der Waals surface area contributed by atoms with Gasteiger partial charge in [-0.15, -0.1) is 0 Å². The van der Waals surface area contributed by atoms with E-state index in [0.29, 0.717) is 0 Å². The highest BCUT2D eigenvalue weighted by atomic mass is 16.5. The number of benzene rings is 2. The largest absolute Gasteiger partial charge is 0.497 e. The van der Waals surface area contributed by atoms with Crippen LogP contribution in [0, 0.1) is 6.92 Å². The highest BCUT2D eigenvalue weighted by Crippen LogP contribution is 2.25. The van der Waals surface area contributed by atoms with Crippen molar-refractivity contribution in [1.29, 1.82) is 0 Å². The fourth-order valence-corrected chi connectivity index (χ4v) is 2.31. The molecule has 3 heteroatoms. The van der Waals surface area contributed by atoms with E-state index >= 15 is 0 Å². The van der Waals surface area contributed by atoms with Crippen molar-refractivity contribution < 1.29 is 4.74 Å². The molecule has 0 aliphatic rings. The van der Waals surface area contributed by atoms with Crippen molar-refractivity contribution in [2.24, 2.45) is 7.05 Å². The lowest BCUT2D eigenvalue weighted by molar-refractivity contribution is 0.415. The molecular weight excluding hydrogens is 236 g/mol. The predicted molar refractivity (Wildman–Crippen MR) is 77.4 cm³/mol. The summed E-state index contributed by atoms with van der Waals surface area (Å²) >= 11 is 0. The minimum absolute atomic E-state index is 0.860. The number of fused-ring (bicyclic) bond motifs is 1. The molecule has 0 radical (unpaired) electrons. The molecule has 0 fully saturated rings. The van der Waals surface area contributed by atoms with Crippen molar-refractivity contribution in [2.45, 2.75) is 6.92 Å². The second kappa shape index (κ2) is 4.43. The molecule has 0 unspecified atom stereocenters. The van der Waals surface area contributed by atoms with Crippen LogP contribution in [0.25, 0.3) is 22.4 Å². The van der Waals surface area contributed by atoms with Gasteiger partial charge in [-0.05, 0) is 48.9 Å². The Bertz CT molecular complexity index is 726. The fraction of sp³-hybridized carbons (Fsp3) is 0.188. The number of hydrogen-bond donors (Lipinski definition) is 0. The highest BCUT2D eigenvalue weighted by molar-refractivity contribution is 5.81. The maximum atomic E-state index is 5.18. The summed E-state index contributed by atoms with van der Waals surface area (Å²) < 4.78 is 7.30. The van der Waals surface area contributed by atoms with Crippen molar-refractivity contribution in [3.05, 3.63) is 48.0 Å². The summed E-state index contributed by atoms with van der Waals surface area (Å²) in [6, 6.07) is 14.3. The van der Waals surface area contributed by atoms with Gasteiger partial charge in [0.05, 0.1) is 18.1 Å². The molecule has 1 aromatic heterocycles. The molecule has 0 N–H and O–H groups in total. The van der Waals surface area contributed by atoms with Crippen LogP contribution in [0.2, 0.25) is 0 Å². The zero-order valence-electron chi connectivity index (χ0n) is 11.3. The van der Waals surface area contributed by atoms with Crippen LogP contribution in [0.1, 0.15) is 5.56 Å². The molecule has 0 saturated carbocycles. The van der Waals surface area contributed by atoms with Gasteiger partial charge in [-0.2, -0.15) is 0 Å². The van der Waals surface area contributed by atoms with Crippen LogP contribution in [0.5, 0.6) is 5.75 Å². The van der Waals surface area contributed by atoms with E-state index in [-0.39, 0.29) is 0 Å². The molecule has 0 amide bonds. The molecule has 0 bridgehead atoms. The molecule has 19 heavy (non-hydrogen) atoms. The second-order valence-electron chi connectivity index (χ2n) is 4.72. The van der Waals surface area contributed by atoms with Gasteiger partial charge in [0.25, 0.3) is 0 Å². The van der Waals surface area contributed by atoms with Gasteiger partial charge in [0.2, 0.25) is 0 Å². The van der Waals surface area contributed by atoms with Crippen LogP contribution < -0.4 is 4.74 Å². The lowest BCUT2D eigenvalue weighted by Gasteiger charge is -2.04. The van der Waals surface area contributed by atoms with Gasteiger partial charge in [0.15, 0.2) is 0 Å². The summed E-state index contributed by atoms with van der Waals surface area (Å²) in [7, 11) is 3.72. The minimum atomic E-state index is 0.860. The van der Waals surface area contributed by atoms with Gasteiger partial charge in [-0.3, -0.25) is 0 Å². The van der Waals surface area contributed by atoms with Gasteiger partial charge >= 0.3 is 0 Å². The van der Waals surface area contributed by atoms with Crippen LogP contribution in [0.3, 0.4) is 0 Å². The Morgan fingerprint density at radius 1 is 1.05 bits per heavy atom. The Hall–Kier alpha value is -2.29. The smallest absolute Gasteiger partial charge is 0.140 e. The highest BCUT2D eigenvalue weighted by Gasteiger charge is 2.09. The quantitative estimate of drug-likeness (QED) is 0.697. The van der Waals surface area contributed by atoms with E-state index in [1.165, 1.54) is 5.56 Å². The zero-order chi connectivity index (χ0) is 13.4. The van der Waals surface area contributed by atoms with Crippen molar-refractivity contribution >= 4 is 11.0 Å². The predicted octanol–water partition coefficient (Wildman–Crippen LogP) is 3.56. The van der Waals surface area contributed by atoms with E-state index in [1.54, 1.807) is 7.11 Å². The third-order valence-corrected chi connectivity index (χ3v) is 3.38. The summed E-state index contributed by atoms with van der Waals surface area (Å²) in [4.78, 5) is 4.72. The van der Waals surface area contributed by atoms with Crippen LogP contribution in [0.4, 0.5) is 0 Å². The first-order valence-electron chi connectivity index (χ1n) is 6.26. The monoisotopic (exact) mass is 252 g/mol. The Morgan fingerprint density at radius 3 is 2.47 bits per heavy atom. The standard InChI is InChI=1S/C16H16N2O/c1-11-4-9-15-14(10-11)17-16(18(15)2)12-5-7-13(19-3)8-6-12/h4-10H,1-3H3. The minimum Gasteiger partial charge on any atom is -0.497 e. The molecule has 0 atom stereocenters. The number of nitrogens with zero attached hydrogens (tertiary/aromatic N) is 2. The third-order valence-electron chi connectivity index (χ3n) is 3.38. The molecule has 3 rings (SSSR count). The molecule has 0 aliphatic heterocycles. The van der Waals surface area contributed by atoms with Gasteiger partial charge in [-0.25, -0.2) is 4.98 Å². The lowest BCUT2D eigenvalue weighted by atomic mass is 10.2. The second-order valence-corrected chi connectivity index (χ2v) is 4.72. The van der Waals surface area contributed by atoms with Crippen LogP contribution in [0.15, 0.2) is 42.5 Å². The summed E-state index contributed by atoms with van der Waals surface area (Å²) in [5, 5.41) is 0. The molecule has 0 spiro atoms. The number of aromatic nitrogens is 2. The Kier molecular flexibility index (Phi) is 2.75. The number of aryl methyl sites for hydroxylation is 2. The van der Waals surface area contributed by atoms with Gasteiger partial charge in [-0.1, -0.05) is 6.07 Å². The van der Waals surface area contributed by atoms with E-state index in [0.717, 1.165) is 28.2 Å². The van der Waals surface area contributed by atoms with Crippen molar-refractivity contribution in [2.75, 3.05) is 7.11 Å². The molecule has 0 aliphatic carbocycles. The number of hydrogen-bond acceptors (Lipinski definition) is 2. The third kappa shape index (κ3) is 1.97. The first-order valence-corrected chi connectivity index (χ1v) is 6.26. The van der Waals surface area contributed by atoms with E-state index in [1.807, 2.05) is 31.3 Å². The molecule has 2 aromatic carbocycles. The van der Waals surface area contributed by atoms with Crippen LogP contribution in [-0.4, -0.2) is 16.7 Å². The van der Waals surface area contributed by atoms with Crippen molar-refractivity contribution in [3.8, 4) is 17.1 Å². The topological polar surface area (TPSA) is 27.1 Å². The van der Waals surface area contributed by atoms with Crippen LogP contribution in [-0.2, 0) is 7.05 Å². The Morgan fingerprint density at radius 2 is 1.79 bits per heavy atom. The molecule has 96 valence electrons. The lowest BCUT2D eigenvalue weighted by Crippen LogP contribution is -1.92. The Balaban J connectivity index is 2.15. The van der Waals surface area contributed by atoms with Gasteiger partial charge < -0.3 is 9.30 Å². The average molecular weight is 252 g/mol. The van der Waals surface area contributed by atoms with Crippen LogP contribution >= 0.6 is 0 Å². The van der Waals surface area contributed by atoms with Crippen molar-refractivity contribution in [1.82, 2.24) is 9.55 Å². The van der Waals surface area contributed by atoms with Gasteiger partial charge in [0, 0.05) is 12.6 Å². The maximum Gasteiger partial charge on any atom is 0.140 e. The van der Waals surface area contributed by atoms with Crippen molar-refractivity contribution in [3.63, 3.8) is 0 Å². The SMILES string of the molecule is COc1ccc(-c2nc3cc(C)ccc3n2C)cc1. The zero-order valence-corrected chi connectivity index (χ0v) is 11.3. The van der Waals surface area contributed by atoms with Gasteiger partial charge in [0.1, 0.15) is 11.6 Å². The number of methoxy groups -OCH3 is 1. The number of rotatable bonds is 2. The fourth-order valence-electron chi connectivity index (χ4n) is 2.31. The summed E-state index contributed by atoms with van der Waals surface area (Å²) in [5.41, 5.74) is 4.51. The Labute approximate surface area is 112 Å². The first-order chi connectivity index (χ1) is 9.19. The average Bonchev–Trinajstić information content (AvgIpc) is 2.75.